The molecular formula is C20H24BrNO2. The molecule has 0 unspecified atom stereocenters. The van der Waals surface area contributed by atoms with E-state index in [0.29, 0.717) is 23.8 Å². The highest BCUT2D eigenvalue weighted by atomic mass is 79.9. The Balaban J connectivity index is 2.19. The van der Waals surface area contributed by atoms with Crippen LogP contribution in [0.25, 0.3) is 0 Å². The van der Waals surface area contributed by atoms with Gasteiger partial charge in [0, 0.05) is 10.2 Å². The van der Waals surface area contributed by atoms with Gasteiger partial charge in [0.05, 0.1) is 12.2 Å². The van der Waals surface area contributed by atoms with Crippen LogP contribution < -0.4 is 10.1 Å². The van der Waals surface area contributed by atoms with E-state index in [1.165, 1.54) is 0 Å². The van der Waals surface area contributed by atoms with Crippen molar-refractivity contribution in [2.45, 2.75) is 34.1 Å². The Hall–Kier alpha value is -1.81. The van der Waals surface area contributed by atoms with Gasteiger partial charge in [-0.1, -0.05) is 35.8 Å². The summed E-state index contributed by atoms with van der Waals surface area (Å²) in [6.45, 7) is 8.94. The van der Waals surface area contributed by atoms with Gasteiger partial charge in [-0.25, -0.2) is 0 Å². The van der Waals surface area contributed by atoms with E-state index in [1.54, 1.807) is 6.07 Å². The Bertz CT molecular complexity index is 705. The molecule has 0 aliphatic rings. The minimum atomic E-state index is -0.166. The number of carbonyl (C=O) groups excluding carboxylic acids is 1. The van der Waals surface area contributed by atoms with Crippen LogP contribution in [0.3, 0.4) is 0 Å². The van der Waals surface area contributed by atoms with Gasteiger partial charge in [0.15, 0.2) is 0 Å². The minimum absolute atomic E-state index is 0.166. The molecule has 0 aromatic heterocycles. The lowest BCUT2D eigenvalue weighted by atomic mass is 10.1. The van der Waals surface area contributed by atoms with Crippen molar-refractivity contribution >= 4 is 27.5 Å². The van der Waals surface area contributed by atoms with E-state index in [-0.39, 0.29) is 5.91 Å². The smallest absolute Gasteiger partial charge is 0.259 e. The Morgan fingerprint density at radius 1 is 1.12 bits per heavy atom. The molecular weight excluding hydrogens is 366 g/mol. The van der Waals surface area contributed by atoms with Crippen LogP contribution in [0.4, 0.5) is 5.69 Å². The quantitative estimate of drug-likeness (QED) is 0.683. The van der Waals surface area contributed by atoms with Crippen molar-refractivity contribution in [3.63, 3.8) is 0 Å². The number of nitrogens with one attached hydrogen (secondary N) is 1. The number of hydrogen-bond donors (Lipinski definition) is 1. The second-order valence-corrected chi connectivity index (χ2v) is 7.42. The van der Waals surface area contributed by atoms with Crippen molar-refractivity contribution in [1.29, 1.82) is 0 Å². The zero-order valence-corrected chi connectivity index (χ0v) is 16.2. The van der Waals surface area contributed by atoms with Gasteiger partial charge in [0.2, 0.25) is 0 Å². The van der Waals surface area contributed by atoms with Gasteiger partial charge in [-0.15, -0.1) is 0 Å². The Kier molecular flexibility index (Phi) is 6.44. The number of halogens is 1. The first-order valence-electron chi connectivity index (χ1n) is 8.17. The summed E-state index contributed by atoms with van der Waals surface area (Å²) in [6, 6.07) is 11.5. The van der Waals surface area contributed by atoms with Crippen molar-refractivity contribution in [2.75, 3.05) is 11.9 Å². The van der Waals surface area contributed by atoms with E-state index in [1.807, 2.05) is 38.1 Å². The van der Waals surface area contributed by atoms with Crippen LogP contribution in [0.2, 0.25) is 0 Å². The SMILES string of the molecule is Cc1cc(C)cc(NC(=O)c2cc(Br)ccc2OCCC(C)C)c1. The van der Waals surface area contributed by atoms with Crippen LogP contribution in [-0.4, -0.2) is 12.5 Å². The third-order valence-electron chi connectivity index (χ3n) is 3.62. The molecule has 0 saturated heterocycles. The van der Waals surface area contributed by atoms with E-state index in [0.717, 1.165) is 27.7 Å². The van der Waals surface area contributed by atoms with E-state index < -0.39 is 0 Å². The van der Waals surface area contributed by atoms with Crippen molar-refractivity contribution in [2.24, 2.45) is 5.92 Å². The minimum Gasteiger partial charge on any atom is -0.493 e. The van der Waals surface area contributed by atoms with Gasteiger partial charge in [-0.2, -0.15) is 0 Å². The number of ether oxygens (including phenoxy) is 1. The molecule has 0 saturated carbocycles. The highest BCUT2D eigenvalue weighted by Crippen LogP contribution is 2.25. The first-order valence-corrected chi connectivity index (χ1v) is 8.96. The lowest BCUT2D eigenvalue weighted by Gasteiger charge is -2.14. The lowest BCUT2D eigenvalue weighted by Crippen LogP contribution is -2.14. The summed E-state index contributed by atoms with van der Waals surface area (Å²) >= 11 is 3.43. The van der Waals surface area contributed by atoms with Gasteiger partial charge < -0.3 is 10.1 Å². The molecule has 0 bridgehead atoms. The van der Waals surface area contributed by atoms with Gasteiger partial charge in [0.25, 0.3) is 5.91 Å². The van der Waals surface area contributed by atoms with Crippen molar-refractivity contribution in [3.8, 4) is 5.75 Å². The molecule has 2 aromatic rings. The summed E-state index contributed by atoms with van der Waals surface area (Å²) in [4.78, 5) is 12.7. The van der Waals surface area contributed by atoms with E-state index in [9.17, 15) is 4.79 Å². The highest BCUT2D eigenvalue weighted by Gasteiger charge is 2.14. The number of rotatable bonds is 6. The van der Waals surface area contributed by atoms with E-state index in [4.69, 9.17) is 4.74 Å². The Morgan fingerprint density at radius 2 is 1.79 bits per heavy atom. The van der Waals surface area contributed by atoms with Gasteiger partial charge in [-0.05, 0) is 67.6 Å². The summed E-state index contributed by atoms with van der Waals surface area (Å²) in [5.41, 5.74) is 3.57. The number of anilines is 1. The molecule has 0 heterocycles. The van der Waals surface area contributed by atoms with Gasteiger partial charge >= 0.3 is 0 Å². The average molecular weight is 390 g/mol. The maximum atomic E-state index is 12.7. The van der Waals surface area contributed by atoms with Crippen LogP contribution in [-0.2, 0) is 0 Å². The van der Waals surface area contributed by atoms with Crippen LogP contribution >= 0.6 is 15.9 Å². The van der Waals surface area contributed by atoms with Crippen molar-refractivity contribution in [1.82, 2.24) is 0 Å². The van der Waals surface area contributed by atoms with E-state index >= 15 is 0 Å². The van der Waals surface area contributed by atoms with Crippen LogP contribution in [0.15, 0.2) is 40.9 Å². The molecule has 0 aliphatic heterocycles. The second-order valence-electron chi connectivity index (χ2n) is 6.50. The molecule has 0 spiro atoms. The first kappa shape index (κ1) is 18.5. The zero-order chi connectivity index (χ0) is 17.7. The Labute approximate surface area is 152 Å². The average Bonchev–Trinajstić information content (AvgIpc) is 2.47. The molecule has 128 valence electrons. The fourth-order valence-electron chi connectivity index (χ4n) is 2.46. The molecule has 0 radical (unpaired) electrons. The maximum Gasteiger partial charge on any atom is 0.259 e. The number of aryl methyl sites for hydroxylation is 2. The molecule has 3 nitrogen and oxygen atoms in total. The summed E-state index contributed by atoms with van der Waals surface area (Å²) in [5, 5.41) is 2.97. The largest absolute Gasteiger partial charge is 0.493 e. The monoisotopic (exact) mass is 389 g/mol. The lowest BCUT2D eigenvalue weighted by molar-refractivity contribution is 0.102. The predicted octanol–water partition coefficient (Wildman–Crippen LogP) is 5.74. The number of benzene rings is 2. The molecule has 2 rings (SSSR count). The topological polar surface area (TPSA) is 38.3 Å². The highest BCUT2D eigenvalue weighted by molar-refractivity contribution is 9.10. The predicted molar refractivity (Wildman–Crippen MR) is 103 cm³/mol. The molecule has 24 heavy (non-hydrogen) atoms. The summed E-state index contributed by atoms with van der Waals surface area (Å²) in [6.07, 6.45) is 0.953. The fraction of sp³-hybridized carbons (Fsp3) is 0.350. The molecule has 4 heteroatoms. The third kappa shape index (κ3) is 5.38. The number of amides is 1. The van der Waals surface area contributed by atoms with Gasteiger partial charge in [-0.3, -0.25) is 4.79 Å². The normalized spacial score (nSPS) is 10.8. The van der Waals surface area contributed by atoms with Crippen LogP contribution in [0.1, 0.15) is 41.8 Å². The molecule has 1 amide bonds. The fourth-order valence-corrected chi connectivity index (χ4v) is 2.82. The molecule has 0 atom stereocenters. The van der Waals surface area contributed by atoms with E-state index in [2.05, 4.69) is 41.2 Å². The third-order valence-corrected chi connectivity index (χ3v) is 4.11. The van der Waals surface area contributed by atoms with Crippen molar-refractivity contribution in [3.05, 3.63) is 57.6 Å². The number of hydrogen-bond acceptors (Lipinski definition) is 2. The van der Waals surface area contributed by atoms with Gasteiger partial charge in [0.1, 0.15) is 5.75 Å². The first-order chi connectivity index (χ1) is 11.3. The summed E-state index contributed by atoms with van der Waals surface area (Å²) < 4.78 is 6.68. The molecule has 0 fully saturated rings. The van der Waals surface area contributed by atoms with Crippen molar-refractivity contribution < 1.29 is 9.53 Å². The standard InChI is InChI=1S/C20H24BrNO2/c1-13(2)7-8-24-19-6-5-16(21)12-18(19)20(23)22-17-10-14(3)9-15(4)11-17/h5-6,9-13H,7-8H2,1-4H3,(H,22,23). The summed E-state index contributed by atoms with van der Waals surface area (Å²) in [7, 11) is 0. The maximum absolute atomic E-state index is 12.7. The zero-order valence-electron chi connectivity index (χ0n) is 14.7. The molecule has 0 aliphatic carbocycles. The molecule has 2 aromatic carbocycles. The number of carbonyl (C=O) groups is 1. The molecule has 1 N–H and O–H groups in total. The Morgan fingerprint density at radius 3 is 2.42 bits per heavy atom. The van der Waals surface area contributed by atoms with Crippen LogP contribution in [0.5, 0.6) is 5.75 Å². The summed E-state index contributed by atoms with van der Waals surface area (Å²) in [5.74, 6) is 1.01. The van der Waals surface area contributed by atoms with Crippen LogP contribution in [0, 0.1) is 19.8 Å². The second kappa shape index (κ2) is 8.34.